The van der Waals surface area contributed by atoms with Crippen LogP contribution in [0.3, 0.4) is 0 Å². The van der Waals surface area contributed by atoms with E-state index in [-0.39, 0.29) is 11.4 Å². The highest BCUT2D eigenvalue weighted by Gasteiger charge is 2.42. The number of aromatic nitrogens is 1. The number of likely N-dealkylation sites (N-methyl/N-ethyl adjacent to an activating group) is 1. The number of hydrogen-bond acceptors (Lipinski definition) is 5. The maximum Gasteiger partial charge on any atom is 0.222 e. The van der Waals surface area contributed by atoms with Gasteiger partial charge < -0.3 is 4.90 Å². The lowest BCUT2D eigenvalue weighted by Crippen LogP contribution is -2.60. The van der Waals surface area contributed by atoms with Crippen LogP contribution < -0.4 is 0 Å². The molecule has 0 bridgehead atoms. The number of amides is 1. The molecule has 23 heavy (non-hydrogen) atoms. The summed E-state index contributed by atoms with van der Waals surface area (Å²) in [6.45, 7) is 9.36. The van der Waals surface area contributed by atoms with E-state index in [4.69, 9.17) is 0 Å². The zero-order chi connectivity index (χ0) is 16.3. The first kappa shape index (κ1) is 16.6. The molecule has 3 rings (SSSR count). The van der Waals surface area contributed by atoms with Crippen LogP contribution in [0.4, 0.5) is 0 Å². The average molecular weight is 334 g/mol. The fourth-order valence-corrected chi connectivity index (χ4v) is 4.44. The van der Waals surface area contributed by atoms with Crippen LogP contribution >= 0.6 is 11.3 Å². The van der Waals surface area contributed by atoms with Crippen LogP contribution in [-0.4, -0.2) is 70.9 Å². The third-order valence-corrected chi connectivity index (χ3v) is 6.04. The van der Waals surface area contributed by atoms with Crippen LogP contribution in [0.15, 0.2) is 24.2 Å². The van der Waals surface area contributed by atoms with Gasteiger partial charge in [0.25, 0.3) is 0 Å². The molecule has 2 aliphatic heterocycles. The molecule has 0 aliphatic carbocycles. The maximum absolute atomic E-state index is 12.3. The summed E-state index contributed by atoms with van der Waals surface area (Å²) in [5.41, 5.74) is 0.112. The first-order valence-corrected chi connectivity index (χ1v) is 9.21. The largest absolute Gasteiger partial charge is 0.339 e. The molecule has 0 N–H and O–H groups in total. The molecule has 0 radical (unpaired) electrons. The van der Waals surface area contributed by atoms with Crippen molar-refractivity contribution in [3.63, 3.8) is 0 Å². The highest BCUT2D eigenvalue weighted by molar-refractivity contribution is 7.09. The van der Waals surface area contributed by atoms with E-state index < -0.39 is 0 Å². The zero-order valence-corrected chi connectivity index (χ0v) is 14.7. The minimum Gasteiger partial charge on any atom is -0.339 e. The summed E-state index contributed by atoms with van der Waals surface area (Å²) in [5.74, 6) is 0.271. The van der Waals surface area contributed by atoms with Crippen molar-refractivity contribution in [2.45, 2.75) is 31.3 Å². The van der Waals surface area contributed by atoms with Crippen LogP contribution in [0, 0.1) is 0 Å². The number of nitrogens with zero attached hydrogens (tertiary/aromatic N) is 4. The lowest BCUT2D eigenvalue weighted by atomic mass is 9.86. The van der Waals surface area contributed by atoms with E-state index in [2.05, 4.69) is 28.4 Å². The van der Waals surface area contributed by atoms with Crippen molar-refractivity contribution in [2.75, 3.05) is 39.8 Å². The summed E-state index contributed by atoms with van der Waals surface area (Å²) in [6.07, 6.45) is 6.34. The minimum absolute atomic E-state index is 0.112. The number of thiazole rings is 1. The Kier molecular flexibility index (Phi) is 5.14. The Labute approximate surface area is 142 Å². The van der Waals surface area contributed by atoms with Crippen molar-refractivity contribution < 1.29 is 4.79 Å². The summed E-state index contributed by atoms with van der Waals surface area (Å²) in [4.78, 5) is 23.7. The number of carbonyl (C=O) groups excluding carboxylic acids is 1. The smallest absolute Gasteiger partial charge is 0.222 e. The Morgan fingerprint density at radius 3 is 3.00 bits per heavy atom. The Morgan fingerprint density at radius 2 is 2.26 bits per heavy atom. The Hall–Kier alpha value is -1.24. The summed E-state index contributed by atoms with van der Waals surface area (Å²) < 4.78 is 0. The van der Waals surface area contributed by atoms with E-state index in [1.807, 2.05) is 22.6 Å². The SMILES string of the molecule is C=CCN1CC[C@@]2(CCC1=O)CN(Cc1nccs1)CCN2C. The molecule has 126 valence electrons. The van der Waals surface area contributed by atoms with Gasteiger partial charge in [-0.05, 0) is 19.9 Å². The molecule has 2 saturated heterocycles. The second kappa shape index (κ2) is 7.11. The van der Waals surface area contributed by atoms with Crippen LogP contribution in [0.25, 0.3) is 0 Å². The van der Waals surface area contributed by atoms with Gasteiger partial charge in [-0.15, -0.1) is 17.9 Å². The molecule has 1 atom stereocenters. The molecule has 1 spiro atoms. The lowest BCUT2D eigenvalue weighted by Gasteiger charge is -2.49. The fraction of sp³-hybridized carbons (Fsp3) is 0.647. The Bertz CT molecular complexity index is 547. The second-order valence-electron chi connectivity index (χ2n) is 6.66. The van der Waals surface area contributed by atoms with Crippen molar-refractivity contribution >= 4 is 17.2 Å². The minimum atomic E-state index is 0.112. The van der Waals surface area contributed by atoms with Crippen molar-refractivity contribution in [3.8, 4) is 0 Å². The normalized spacial score (nSPS) is 27.3. The van der Waals surface area contributed by atoms with Gasteiger partial charge in [0.1, 0.15) is 5.01 Å². The molecular weight excluding hydrogens is 308 g/mol. The van der Waals surface area contributed by atoms with Crippen molar-refractivity contribution in [2.24, 2.45) is 0 Å². The van der Waals surface area contributed by atoms with Gasteiger partial charge >= 0.3 is 0 Å². The van der Waals surface area contributed by atoms with E-state index in [0.29, 0.717) is 13.0 Å². The first-order chi connectivity index (χ1) is 11.1. The maximum atomic E-state index is 12.3. The van der Waals surface area contributed by atoms with Gasteiger partial charge in [-0.25, -0.2) is 4.98 Å². The van der Waals surface area contributed by atoms with Crippen molar-refractivity contribution in [1.82, 2.24) is 19.7 Å². The van der Waals surface area contributed by atoms with Crippen LogP contribution in [0.1, 0.15) is 24.3 Å². The van der Waals surface area contributed by atoms with E-state index in [9.17, 15) is 4.79 Å². The van der Waals surface area contributed by atoms with E-state index in [1.54, 1.807) is 11.3 Å². The predicted molar refractivity (Wildman–Crippen MR) is 93.4 cm³/mol. The summed E-state index contributed by atoms with van der Waals surface area (Å²) >= 11 is 1.72. The topological polar surface area (TPSA) is 39.7 Å². The molecule has 6 heteroatoms. The highest BCUT2D eigenvalue weighted by Crippen LogP contribution is 2.32. The molecule has 0 saturated carbocycles. The Balaban J connectivity index is 1.70. The quantitative estimate of drug-likeness (QED) is 0.788. The van der Waals surface area contributed by atoms with Gasteiger partial charge in [-0.2, -0.15) is 0 Å². The van der Waals surface area contributed by atoms with Gasteiger partial charge in [0, 0.05) is 56.3 Å². The molecule has 2 aliphatic rings. The summed E-state index contributed by atoms with van der Waals surface area (Å²) in [7, 11) is 2.22. The molecule has 1 amide bonds. The number of rotatable bonds is 4. The monoisotopic (exact) mass is 334 g/mol. The molecule has 1 aromatic rings. The standard InChI is InChI=1S/C17H26N4OS/c1-3-8-21-9-6-17(5-4-16(21)22)14-20(11-10-19(17)2)13-15-18-7-12-23-15/h3,7,12H,1,4-6,8-11,13-14H2,2H3/t17-/m0/s1. The summed E-state index contributed by atoms with van der Waals surface area (Å²) in [5, 5.41) is 3.22. The first-order valence-electron chi connectivity index (χ1n) is 8.34. The fourth-order valence-electron chi connectivity index (χ4n) is 3.78. The number of carbonyl (C=O) groups is 1. The van der Waals surface area contributed by atoms with E-state index >= 15 is 0 Å². The number of piperazine rings is 1. The molecular formula is C17H26N4OS. The molecule has 5 nitrogen and oxygen atoms in total. The molecule has 3 heterocycles. The Morgan fingerprint density at radius 1 is 1.39 bits per heavy atom. The van der Waals surface area contributed by atoms with E-state index in [0.717, 1.165) is 45.6 Å². The van der Waals surface area contributed by atoms with Crippen LogP contribution in [0.2, 0.25) is 0 Å². The molecule has 0 aromatic carbocycles. The summed E-state index contributed by atoms with van der Waals surface area (Å²) in [6, 6.07) is 0. The van der Waals surface area contributed by atoms with Crippen molar-refractivity contribution in [3.05, 3.63) is 29.2 Å². The molecule has 1 aromatic heterocycles. The van der Waals surface area contributed by atoms with Gasteiger partial charge in [-0.1, -0.05) is 6.08 Å². The third kappa shape index (κ3) is 3.65. The molecule has 2 fully saturated rings. The number of hydrogen-bond donors (Lipinski definition) is 0. The zero-order valence-electron chi connectivity index (χ0n) is 13.9. The van der Waals surface area contributed by atoms with E-state index in [1.165, 1.54) is 5.01 Å². The average Bonchev–Trinajstić information content (AvgIpc) is 3.00. The van der Waals surface area contributed by atoms with Crippen molar-refractivity contribution in [1.29, 1.82) is 0 Å². The second-order valence-corrected chi connectivity index (χ2v) is 7.64. The molecule has 0 unspecified atom stereocenters. The highest BCUT2D eigenvalue weighted by atomic mass is 32.1. The third-order valence-electron chi connectivity index (χ3n) is 5.28. The van der Waals surface area contributed by atoms with Crippen LogP contribution in [-0.2, 0) is 11.3 Å². The number of likely N-dealkylation sites (tertiary alicyclic amines) is 1. The van der Waals surface area contributed by atoms with Gasteiger partial charge in [0.05, 0.1) is 6.54 Å². The van der Waals surface area contributed by atoms with Crippen LogP contribution in [0.5, 0.6) is 0 Å². The van der Waals surface area contributed by atoms with Gasteiger partial charge in [-0.3, -0.25) is 14.6 Å². The predicted octanol–water partition coefficient (Wildman–Crippen LogP) is 1.83. The lowest BCUT2D eigenvalue weighted by molar-refractivity contribution is -0.130. The van der Waals surface area contributed by atoms with Gasteiger partial charge in [0.15, 0.2) is 0 Å². The van der Waals surface area contributed by atoms with Gasteiger partial charge in [0.2, 0.25) is 5.91 Å².